The lowest BCUT2D eigenvalue weighted by Crippen LogP contribution is -2.37. The summed E-state index contributed by atoms with van der Waals surface area (Å²) >= 11 is 0. The second kappa shape index (κ2) is 12.3. The van der Waals surface area contributed by atoms with Crippen LogP contribution in [0.4, 0.5) is 0 Å². The average molecular weight is 564 g/mol. The molecule has 9 nitrogen and oxygen atoms in total. The van der Waals surface area contributed by atoms with Crippen LogP contribution < -0.4 is 10.1 Å². The van der Waals surface area contributed by atoms with E-state index in [2.05, 4.69) is 16.5 Å². The van der Waals surface area contributed by atoms with Gasteiger partial charge in [0.2, 0.25) is 0 Å². The van der Waals surface area contributed by atoms with Crippen LogP contribution in [-0.2, 0) is 6.42 Å². The highest BCUT2D eigenvalue weighted by Gasteiger charge is 2.18. The van der Waals surface area contributed by atoms with Gasteiger partial charge in [-0.2, -0.15) is 5.26 Å². The smallest absolute Gasteiger partial charge is 0.251 e. The molecule has 3 heterocycles. The fraction of sp³-hybridized carbons (Fsp3) is 0.273. The van der Waals surface area contributed by atoms with Crippen molar-refractivity contribution in [3.8, 4) is 34.2 Å². The molecule has 1 amide bonds. The number of fused-ring (bicyclic) bond motifs is 1. The SMILES string of the molecule is Cc1noc(C)c1-c1cccn2cc(-c3ccc(C[C@@H](CCO)NC(=O)c4ccc(OC(C)C)c(C#N)c4)cc3)nc12. The van der Waals surface area contributed by atoms with E-state index in [4.69, 9.17) is 14.2 Å². The Morgan fingerprint density at radius 3 is 2.62 bits per heavy atom. The highest BCUT2D eigenvalue weighted by Crippen LogP contribution is 2.31. The number of ether oxygens (including phenoxy) is 1. The Morgan fingerprint density at radius 2 is 1.95 bits per heavy atom. The molecule has 42 heavy (non-hydrogen) atoms. The average Bonchev–Trinajstić information content (AvgIpc) is 3.56. The molecule has 0 saturated carbocycles. The molecule has 0 aliphatic carbocycles. The Labute approximate surface area is 244 Å². The third-order valence-electron chi connectivity index (χ3n) is 7.05. The molecule has 0 saturated heterocycles. The summed E-state index contributed by atoms with van der Waals surface area (Å²) in [6.07, 6.45) is 4.80. The third-order valence-corrected chi connectivity index (χ3v) is 7.05. The number of pyridine rings is 1. The number of aliphatic hydroxyl groups is 1. The Morgan fingerprint density at radius 1 is 1.17 bits per heavy atom. The molecule has 3 aromatic heterocycles. The predicted molar refractivity (Wildman–Crippen MR) is 159 cm³/mol. The number of rotatable bonds is 10. The van der Waals surface area contributed by atoms with Crippen LogP contribution >= 0.6 is 0 Å². The zero-order chi connectivity index (χ0) is 29.8. The molecule has 0 unspecified atom stereocenters. The topological polar surface area (TPSA) is 126 Å². The van der Waals surface area contributed by atoms with Crippen molar-refractivity contribution in [2.75, 3.05) is 6.61 Å². The number of hydrogen-bond donors (Lipinski definition) is 2. The number of benzene rings is 2. The van der Waals surface area contributed by atoms with Crippen molar-refractivity contribution in [3.05, 3.63) is 95.1 Å². The number of aliphatic hydroxyl groups excluding tert-OH is 1. The number of nitrogens with zero attached hydrogens (tertiary/aromatic N) is 4. The zero-order valence-corrected chi connectivity index (χ0v) is 24.1. The van der Waals surface area contributed by atoms with Crippen LogP contribution in [0.3, 0.4) is 0 Å². The van der Waals surface area contributed by atoms with Crippen molar-refractivity contribution >= 4 is 11.6 Å². The lowest BCUT2D eigenvalue weighted by atomic mass is 10.0. The number of imidazole rings is 1. The summed E-state index contributed by atoms with van der Waals surface area (Å²) in [6.45, 7) is 7.51. The van der Waals surface area contributed by atoms with E-state index in [9.17, 15) is 15.2 Å². The molecule has 1 atom stereocenters. The number of nitrogens with one attached hydrogen (secondary N) is 1. The van der Waals surface area contributed by atoms with Crippen molar-refractivity contribution in [3.63, 3.8) is 0 Å². The quantitative estimate of drug-likeness (QED) is 0.225. The molecule has 0 bridgehead atoms. The molecule has 0 aliphatic rings. The fourth-order valence-corrected chi connectivity index (χ4v) is 5.08. The zero-order valence-electron chi connectivity index (χ0n) is 24.1. The maximum Gasteiger partial charge on any atom is 0.251 e. The highest BCUT2D eigenvalue weighted by molar-refractivity contribution is 5.95. The van der Waals surface area contributed by atoms with Gasteiger partial charge in [0, 0.05) is 41.7 Å². The summed E-state index contributed by atoms with van der Waals surface area (Å²) in [6, 6.07) is 18.7. The first-order valence-corrected chi connectivity index (χ1v) is 13.9. The molecular weight excluding hydrogens is 530 g/mol. The number of carbonyl (C=O) groups excluding carboxylic acids is 1. The van der Waals surface area contributed by atoms with E-state index in [1.807, 2.05) is 80.9 Å². The molecule has 0 spiro atoms. The molecule has 0 radical (unpaired) electrons. The summed E-state index contributed by atoms with van der Waals surface area (Å²) in [5.41, 5.74) is 7.02. The highest BCUT2D eigenvalue weighted by atomic mass is 16.5. The number of aryl methyl sites for hydroxylation is 2. The third kappa shape index (κ3) is 6.04. The maximum atomic E-state index is 13.0. The van der Waals surface area contributed by atoms with Crippen LogP contribution in [0.15, 0.2) is 71.5 Å². The van der Waals surface area contributed by atoms with Crippen molar-refractivity contribution < 1.29 is 19.2 Å². The predicted octanol–water partition coefficient (Wildman–Crippen LogP) is 5.66. The molecule has 2 aromatic carbocycles. The number of nitriles is 1. The van der Waals surface area contributed by atoms with E-state index in [-0.39, 0.29) is 24.7 Å². The molecule has 214 valence electrons. The van der Waals surface area contributed by atoms with E-state index in [0.717, 1.165) is 45.0 Å². The van der Waals surface area contributed by atoms with Crippen LogP contribution in [0.1, 0.15) is 53.2 Å². The van der Waals surface area contributed by atoms with E-state index in [0.29, 0.717) is 29.7 Å². The van der Waals surface area contributed by atoms with E-state index in [1.54, 1.807) is 12.1 Å². The lowest BCUT2D eigenvalue weighted by molar-refractivity contribution is 0.0930. The van der Waals surface area contributed by atoms with Crippen molar-refractivity contribution in [2.24, 2.45) is 0 Å². The minimum atomic E-state index is -0.309. The van der Waals surface area contributed by atoms with Gasteiger partial charge >= 0.3 is 0 Å². The first-order chi connectivity index (χ1) is 20.3. The van der Waals surface area contributed by atoms with Crippen molar-refractivity contribution in [2.45, 2.75) is 52.7 Å². The van der Waals surface area contributed by atoms with Gasteiger partial charge in [-0.05, 0) is 76.4 Å². The van der Waals surface area contributed by atoms with Crippen LogP contribution in [-0.4, -0.2) is 44.3 Å². The first-order valence-electron chi connectivity index (χ1n) is 13.9. The van der Waals surface area contributed by atoms with Gasteiger partial charge in [-0.1, -0.05) is 29.4 Å². The number of hydrogen-bond acceptors (Lipinski definition) is 7. The molecule has 9 heteroatoms. The Kier molecular flexibility index (Phi) is 8.36. The number of aromatic nitrogens is 3. The van der Waals surface area contributed by atoms with Gasteiger partial charge in [0.1, 0.15) is 23.2 Å². The van der Waals surface area contributed by atoms with Gasteiger partial charge in [-0.25, -0.2) is 4.98 Å². The summed E-state index contributed by atoms with van der Waals surface area (Å²) in [7, 11) is 0. The van der Waals surface area contributed by atoms with Crippen LogP contribution in [0.5, 0.6) is 5.75 Å². The van der Waals surface area contributed by atoms with E-state index < -0.39 is 0 Å². The van der Waals surface area contributed by atoms with Gasteiger partial charge in [0.15, 0.2) is 0 Å². The fourth-order valence-electron chi connectivity index (χ4n) is 5.08. The Balaban J connectivity index is 1.32. The summed E-state index contributed by atoms with van der Waals surface area (Å²) in [5.74, 6) is 0.889. The molecular formula is C33H33N5O4. The first kappa shape index (κ1) is 28.6. The van der Waals surface area contributed by atoms with Crippen molar-refractivity contribution in [1.82, 2.24) is 19.9 Å². The largest absolute Gasteiger partial charge is 0.490 e. The van der Waals surface area contributed by atoms with Gasteiger partial charge < -0.3 is 24.1 Å². The standard InChI is InChI=1S/C33H33N5O4/c1-20(2)41-30-12-11-25(17-26(30)18-34)33(40)35-27(13-15-39)16-23-7-9-24(10-8-23)29-19-38-14-5-6-28(32(38)36-29)31-21(3)37-42-22(31)4/h5-12,14,17,19-20,27,39H,13,15-16H2,1-4H3,(H,35,40)/t27-/m1/s1. The number of carbonyl (C=O) groups is 1. The monoisotopic (exact) mass is 563 g/mol. The van der Waals surface area contributed by atoms with E-state index in [1.165, 1.54) is 6.07 Å². The molecule has 2 N–H and O–H groups in total. The van der Waals surface area contributed by atoms with Gasteiger partial charge in [-0.3, -0.25) is 4.79 Å². The molecule has 5 rings (SSSR count). The minimum Gasteiger partial charge on any atom is -0.490 e. The summed E-state index contributed by atoms with van der Waals surface area (Å²) < 4.78 is 13.0. The van der Waals surface area contributed by atoms with Gasteiger partial charge in [0.25, 0.3) is 5.91 Å². The molecule has 0 fully saturated rings. The Bertz CT molecular complexity index is 1740. The van der Waals surface area contributed by atoms with Crippen LogP contribution in [0.2, 0.25) is 0 Å². The maximum absolute atomic E-state index is 13.0. The van der Waals surface area contributed by atoms with Crippen LogP contribution in [0.25, 0.3) is 28.0 Å². The summed E-state index contributed by atoms with van der Waals surface area (Å²) in [5, 5.41) is 26.3. The van der Waals surface area contributed by atoms with Crippen molar-refractivity contribution in [1.29, 1.82) is 5.26 Å². The van der Waals surface area contributed by atoms with Gasteiger partial charge in [0.05, 0.1) is 28.6 Å². The van der Waals surface area contributed by atoms with E-state index >= 15 is 0 Å². The molecule has 0 aliphatic heterocycles. The van der Waals surface area contributed by atoms with Crippen LogP contribution in [0, 0.1) is 25.2 Å². The second-order valence-electron chi connectivity index (χ2n) is 10.6. The lowest BCUT2D eigenvalue weighted by Gasteiger charge is -2.19. The number of amides is 1. The Hall–Kier alpha value is -4.94. The summed E-state index contributed by atoms with van der Waals surface area (Å²) in [4.78, 5) is 18.0. The van der Waals surface area contributed by atoms with Gasteiger partial charge in [-0.15, -0.1) is 0 Å². The second-order valence-corrected chi connectivity index (χ2v) is 10.6. The minimum absolute atomic E-state index is 0.0671. The molecule has 5 aromatic rings. The normalized spacial score (nSPS) is 11.9.